The summed E-state index contributed by atoms with van der Waals surface area (Å²) in [4.78, 5) is 11.3. The number of nitrogens with one attached hydrogen (secondary N) is 1. The van der Waals surface area contributed by atoms with Crippen molar-refractivity contribution < 1.29 is 4.79 Å². The molecule has 0 saturated carbocycles. The molecule has 0 radical (unpaired) electrons. The van der Waals surface area contributed by atoms with E-state index in [2.05, 4.69) is 5.32 Å². The number of carbonyl (C=O) groups excluding carboxylic acids is 1. The van der Waals surface area contributed by atoms with Gasteiger partial charge in [0, 0.05) is 17.9 Å². The number of thioether (sulfide) groups is 1. The first-order chi connectivity index (χ1) is 6.68. The van der Waals surface area contributed by atoms with Crippen LogP contribution >= 0.6 is 11.8 Å². The molecule has 1 heterocycles. The molecule has 0 aromatic heterocycles. The minimum Gasteiger partial charge on any atom is -0.351 e. The number of hydrogen-bond donors (Lipinski definition) is 1. The first-order valence-corrected chi connectivity index (χ1v) is 6.27. The van der Waals surface area contributed by atoms with E-state index in [1.807, 2.05) is 25.6 Å². The van der Waals surface area contributed by atoms with Crippen LogP contribution in [-0.2, 0) is 4.79 Å². The largest absolute Gasteiger partial charge is 0.351 e. The Balaban J connectivity index is 2.19. The van der Waals surface area contributed by atoms with Crippen LogP contribution in [0.1, 0.15) is 33.1 Å². The average molecular weight is 213 g/mol. The van der Waals surface area contributed by atoms with Crippen LogP contribution < -0.4 is 5.32 Å². The summed E-state index contributed by atoms with van der Waals surface area (Å²) >= 11 is 1.99. The summed E-state index contributed by atoms with van der Waals surface area (Å²) in [6.07, 6.45) is 5.56. The molecule has 14 heavy (non-hydrogen) atoms. The minimum absolute atomic E-state index is 0.0520. The molecule has 1 atom stereocenters. The van der Waals surface area contributed by atoms with E-state index in [-0.39, 0.29) is 5.91 Å². The third kappa shape index (κ3) is 4.70. The van der Waals surface area contributed by atoms with Crippen molar-refractivity contribution in [2.45, 2.75) is 38.4 Å². The molecule has 0 bridgehead atoms. The lowest BCUT2D eigenvalue weighted by Crippen LogP contribution is -2.30. The zero-order chi connectivity index (χ0) is 10.4. The second kappa shape index (κ2) is 6.12. The van der Waals surface area contributed by atoms with Crippen molar-refractivity contribution in [2.75, 3.05) is 12.3 Å². The van der Waals surface area contributed by atoms with Crippen molar-refractivity contribution in [1.82, 2.24) is 5.32 Å². The van der Waals surface area contributed by atoms with E-state index in [1.54, 1.807) is 6.08 Å². The number of hydrogen-bond acceptors (Lipinski definition) is 2. The normalized spacial score (nSPS) is 21.4. The Labute approximate surface area is 90.5 Å². The van der Waals surface area contributed by atoms with Crippen LogP contribution in [-0.4, -0.2) is 23.5 Å². The van der Waals surface area contributed by atoms with Gasteiger partial charge < -0.3 is 5.32 Å². The quantitative estimate of drug-likeness (QED) is 0.729. The van der Waals surface area contributed by atoms with Crippen LogP contribution in [0.5, 0.6) is 0 Å². The summed E-state index contributed by atoms with van der Waals surface area (Å²) in [6, 6.07) is 0. The Morgan fingerprint density at radius 1 is 1.50 bits per heavy atom. The third-order valence-corrected chi connectivity index (χ3v) is 3.60. The smallest absolute Gasteiger partial charge is 0.243 e. The van der Waals surface area contributed by atoms with E-state index in [4.69, 9.17) is 0 Å². The van der Waals surface area contributed by atoms with Crippen molar-refractivity contribution in [3.63, 3.8) is 0 Å². The van der Waals surface area contributed by atoms with E-state index in [0.29, 0.717) is 5.25 Å². The molecular formula is C11H19NOS. The average Bonchev–Trinajstić information content (AvgIpc) is 2.15. The van der Waals surface area contributed by atoms with Gasteiger partial charge in [-0.2, -0.15) is 11.8 Å². The van der Waals surface area contributed by atoms with Gasteiger partial charge in [-0.05, 0) is 32.4 Å². The van der Waals surface area contributed by atoms with Gasteiger partial charge in [-0.15, -0.1) is 0 Å². The molecule has 1 aliphatic heterocycles. The van der Waals surface area contributed by atoms with Crippen molar-refractivity contribution >= 4 is 17.7 Å². The second-order valence-corrected chi connectivity index (χ2v) is 5.36. The second-order valence-electron chi connectivity index (χ2n) is 3.96. The SMILES string of the molecule is CC(C)=CC(=O)NCC1CCCCS1. The fraction of sp³-hybridized carbons (Fsp3) is 0.727. The van der Waals surface area contributed by atoms with E-state index in [1.165, 1.54) is 25.0 Å². The molecule has 2 nitrogen and oxygen atoms in total. The topological polar surface area (TPSA) is 29.1 Å². The highest BCUT2D eigenvalue weighted by Gasteiger charge is 2.13. The number of amides is 1. The molecule has 1 N–H and O–H groups in total. The molecule has 0 aromatic carbocycles. The highest BCUT2D eigenvalue weighted by molar-refractivity contribution is 7.99. The highest BCUT2D eigenvalue weighted by Crippen LogP contribution is 2.24. The van der Waals surface area contributed by atoms with Crippen LogP contribution in [0, 0.1) is 0 Å². The Hall–Kier alpha value is -0.440. The van der Waals surface area contributed by atoms with Crippen LogP contribution in [0.2, 0.25) is 0 Å². The molecule has 0 aliphatic carbocycles. The van der Waals surface area contributed by atoms with Crippen molar-refractivity contribution in [2.24, 2.45) is 0 Å². The van der Waals surface area contributed by atoms with Crippen molar-refractivity contribution in [1.29, 1.82) is 0 Å². The van der Waals surface area contributed by atoms with E-state index in [9.17, 15) is 4.79 Å². The molecule has 3 heteroatoms. The molecule has 80 valence electrons. The van der Waals surface area contributed by atoms with Gasteiger partial charge in [-0.25, -0.2) is 0 Å². The standard InChI is InChI=1S/C11H19NOS/c1-9(2)7-11(13)12-8-10-5-3-4-6-14-10/h7,10H,3-6,8H2,1-2H3,(H,12,13). The Kier molecular flexibility index (Phi) is 5.09. The maximum absolute atomic E-state index is 11.3. The Bertz CT molecular complexity index is 215. The monoisotopic (exact) mass is 213 g/mol. The van der Waals surface area contributed by atoms with Gasteiger partial charge in [-0.3, -0.25) is 4.79 Å². The Morgan fingerprint density at radius 3 is 2.86 bits per heavy atom. The highest BCUT2D eigenvalue weighted by atomic mass is 32.2. The number of allylic oxidation sites excluding steroid dienone is 1. The number of carbonyl (C=O) groups is 1. The van der Waals surface area contributed by atoms with Gasteiger partial charge in [0.25, 0.3) is 0 Å². The molecule has 1 unspecified atom stereocenters. The zero-order valence-electron chi connectivity index (χ0n) is 9.01. The predicted octanol–water partition coefficient (Wildman–Crippen LogP) is 2.35. The lowest BCUT2D eigenvalue weighted by atomic mass is 10.2. The van der Waals surface area contributed by atoms with Gasteiger partial charge in [0.15, 0.2) is 0 Å². The van der Waals surface area contributed by atoms with Crippen LogP contribution in [0.25, 0.3) is 0 Å². The predicted molar refractivity (Wildman–Crippen MR) is 62.5 cm³/mol. The first-order valence-electron chi connectivity index (χ1n) is 5.23. The summed E-state index contributed by atoms with van der Waals surface area (Å²) in [6.45, 7) is 4.71. The summed E-state index contributed by atoms with van der Waals surface area (Å²) in [5.74, 6) is 1.31. The van der Waals surface area contributed by atoms with Gasteiger partial charge in [0.05, 0.1) is 0 Å². The third-order valence-electron chi connectivity index (χ3n) is 2.20. The molecule has 0 spiro atoms. The van der Waals surface area contributed by atoms with Gasteiger partial charge in [0.2, 0.25) is 5.91 Å². The molecule has 0 aromatic rings. The first kappa shape index (κ1) is 11.6. The maximum atomic E-state index is 11.3. The van der Waals surface area contributed by atoms with E-state index >= 15 is 0 Å². The van der Waals surface area contributed by atoms with Crippen LogP contribution in [0.4, 0.5) is 0 Å². The van der Waals surface area contributed by atoms with Gasteiger partial charge >= 0.3 is 0 Å². The van der Waals surface area contributed by atoms with Crippen molar-refractivity contribution in [3.05, 3.63) is 11.6 Å². The van der Waals surface area contributed by atoms with Gasteiger partial charge in [-0.1, -0.05) is 12.0 Å². The fourth-order valence-electron chi connectivity index (χ4n) is 1.50. The van der Waals surface area contributed by atoms with E-state index in [0.717, 1.165) is 12.1 Å². The fourth-order valence-corrected chi connectivity index (χ4v) is 2.73. The Morgan fingerprint density at radius 2 is 2.29 bits per heavy atom. The maximum Gasteiger partial charge on any atom is 0.243 e. The van der Waals surface area contributed by atoms with Crippen LogP contribution in [0.3, 0.4) is 0 Å². The van der Waals surface area contributed by atoms with Crippen molar-refractivity contribution in [3.8, 4) is 0 Å². The summed E-state index contributed by atoms with van der Waals surface area (Å²) in [7, 11) is 0. The molecule has 1 aliphatic rings. The summed E-state index contributed by atoms with van der Waals surface area (Å²) in [5.41, 5.74) is 1.05. The molecule has 1 amide bonds. The molecule has 1 rings (SSSR count). The van der Waals surface area contributed by atoms with E-state index < -0.39 is 0 Å². The summed E-state index contributed by atoms with van der Waals surface area (Å²) < 4.78 is 0. The number of rotatable bonds is 3. The molecule has 1 saturated heterocycles. The minimum atomic E-state index is 0.0520. The van der Waals surface area contributed by atoms with Crippen LogP contribution in [0.15, 0.2) is 11.6 Å². The zero-order valence-corrected chi connectivity index (χ0v) is 9.82. The lowest BCUT2D eigenvalue weighted by Gasteiger charge is -2.20. The molecule has 1 fully saturated rings. The summed E-state index contributed by atoms with van der Waals surface area (Å²) in [5, 5.41) is 3.58. The van der Waals surface area contributed by atoms with Gasteiger partial charge in [0.1, 0.15) is 0 Å². The lowest BCUT2D eigenvalue weighted by molar-refractivity contribution is -0.116. The molecular weight excluding hydrogens is 194 g/mol.